The molecule has 8 nitrogen and oxygen atoms in total. The number of ether oxygens (including phenoxy) is 1. The van der Waals surface area contributed by atoms with Crippen molar-refractivity contribution < 1.29 is 19.4 Å². The number of para-hydroxylation sites is 2. The van der Waals surface area contributed by atoms with Gasteiger partial charge < -0.3 is 9.84 Å². The van der Waals surface area contributed by atoms with E-state index in [1.54, 1.807) is 49.0 Å². The standard InChI is InChI=1S/C24H21N3O5S2/c1-15-21(23(31)27(25(15)2)17-9-4-3-5-10-17)26-22(30)19(34-24(26)33)14-16-8-6-7-11-18(16)32-13-12-20(28)29/h3-11,14H,12-13H2,1-2H3,(H,28,29)/b19-14+. The van der Waals surface area contributed by atoms with E-state index < -0.39 is 11.9 Å². The van der Waals surface area contributed by atoms with Gasteiger partial charge in [-0.15, -0.1) is 0 Å². The summed E-state index contributed by atoms with van der Waals surface area (Å²) in [4.78, 5) is 39.1. The molecule has 2 heterocycles. The van der Waals surface area contributed by atoms with Crippen LogP contribution in [-0.2, 0) is 16.6 Å². The monoisotopic (exact) mass is 495 g/mol. The number of amides is 1. The predicted molar refractivity (Wildman–Crippen MR) is 136 cm³/mol. The van der Waals surface area contributed by atoms with Crippen molar-refractivity contribution in [3.63, 3.8) is 0 Å². The maximum Gasteiger partial charge on any atom is 0.306 e. The Bertz CT molecular complexity index is 1370. The zero-order chi connectivity index (χ0) is 24.4. The van der Waals surface area contributed by atoms with Crippen molar-refractivity contribution in [2.24, 2.45) is 7.05 Å². The van der Waals surface area contributed by atoms with E-state index in [9.17, 15) is 14.4 Å². The summed E-state index contributed by atoms with van der Waals surface area (Å²) < 4.78 is 9.04. The van der Waals surface area contributed by atoms with Crippen LogP contribution in [0, 0.1) is 6.92 Å². The molecule has 0 bridgehead atoms. The number of thiocarbonyl (C=S) groups is 1. The van der Waals surface area contributed by atoms with Gasteiger partial charge in [-0.25, -0.2) is 4.68 Å². The number of carboxylic acid groups (broad SMARTS) is 1. The normalized spacial score (nSPS) is 14.8. The van der Waals surface area contributed by atoms with Crippen molar-refractivity contribution in [3.05, 3.63) is 81.1 Å². The van der Waals surface area contributed by atoms with Crippen molar-refractivity contribution in [2.45, 2.75) is 13.3 Å². The second-order valence-electron chi connectivity index (χ2n) is 7.46. The molecule has 1 fully saturated rings. The van der Waals surface area contributed by atoms with Gasteiger partial charge in [0.05, 0.1) is 29.3 Å². The molecule has 2 aromatic carbocycles. The zero-order valence-electron chi connectivity index (χ0n) is 18.4. The lowest BCUT2D eigenvalue weighted by Gasteiger charge is -2.12. The lowest BCUT2D eigenvalue weighted by atomic mass is 10.2. The minimum Gasteiger partial charge on any atom is -0.492 e. The van der Waals surface area contributed by atoms with Crippen molar-refractivity contribution in [1.82, 2.24) is 9.36 Å². The van der Waals surface area contributed by atoms with Crippen LogP contribution in [0.5, 0.6) is 5.75 Å². The Labute approximate surface area is 205 Å². The van der Waals surface area contributed by atoms with Crippen LogP contribution in [0.3, 0.4) is 0 Å². The summed E-state index contributed by atoms with van der Waals surface area (Å²) in [6.45, 7) is 1.77. The first-order chi connectivity index (χ1) is 16.3. The van der Waals surface area contributed by atoms with E-state index in [1.807, 2.05) is 30.3 Å². The van der Waals surface area contributed by atoms with Gasteiger partial charge in [-0.1, -0.05) is 60.4 Å². The molecule has 10 heteroatoms. The molecule has 34 heavy (non-hydrogen) atoms. The molecule has 174 valence electrons. The minimum atomic E-state index is -0.960. The molecule has 1 N–H and O–H groups in total. The number of hydrogen-bond acceptors (Lipinski definition) is 6. The first-order valence-corrected chi connectivity index (χ1v) is 11.6. The van der Waals surface area contributed by atoms with Crippen molar-refractivity contribution >= 4 is 51.9 Å². The van der Waals surface area contributed by atoms with E-state index >= 15 is 0 Å². The molecule has 0 aliphatic carbocycles. The number of benzene rings is 2. The Morgan fingerprint density at radius 2 is 1.79 bits per heavy atom. The maximum absolute atomic E-state index is 13.4. The molecule has 0 saturated carbocycles. The van der Waals surface area contributed by atoms with E-state index in [0.717, 1.165) is 11.8 Å². The number of rotatable bonds is 7. The Morgan fingerprint density at radius 3 is 2.50 bits per heavy atom. The van der Waals surface area contributed by atoms with Crippen LogP contribution in [0.1, 0.15) is 17.7 Å². The van der Waals surface area contributed by atoms with Crippen LogP contribution < -0.4 is 15.2 Å². The molecular weight excluding hydrogens is 474 g/mol. The average Bonchev–Trinajstić information content (AvgIpc) is 3.20. The lowest BCUT2D eigenvalue weighted by molar-refractivity contribution is -0.137. The fraction of sp³-hybridized carbons (Fsp3) is 0.167. The molecule has 0 spiro atoms. The van der Waals surface area contributed by atoms with Gasteiger partial charge in [0, 0.05) is 12.6 Å². The average molecular weight is 496 g/mol. The fourth-order valence-corrected chi connectivity index (χ4v) is 4.85. The quantitative estimate of drug-likeness (QED) is 0.394. The van der Waals surface area contributed by atoms with Gasteiger partial charge in [0.15, 0.2) is 4.32 Å². The Kier molecular flexibility index (Phi) is 6.71. The first-order valence-electron chi connectivity index (χ1n) is 10.3. The summed E-state index contributed by atoms with van der Waals surface area (Å²) in [7, 11) is 1.76. The van der Waals surface area contributed by atoms with Crippen LogP contribution in [0.15, 0.2) is 64.3 Å². The fourth-order valence-electron chi connectivity index (χ4n) is 3.59. The number of carbonyl (C=O) groups excluding carboxylic acids is 1. The van der Waals surface area contributed by atoms with Crippen LogP contribution >= 0.6 is 24.0 Å². The van der Waals surface area contributed by atoms with E-state index in [2.05, 4.69) is 0 Å². The molecule has 0 atom stereocenters. The molecule has 4 rings (SSSR count). The van der Waals surface area contributed by atoms with Gasteiger partial charge in [-0.05, 0) is 31.2 Å². The highest BCUT2D eigenvalue weighted by Gasteiger charge is 2.37. The second-order valence-corrected chi connectivity index (χ2v) is 9.13. The number of aliphatic carboxylic acids is 1. The van der Waals surface area contributed by atoms with Gasteiger partial charge in [-0.2, -0.15) is 0 Å². The van der Waals surface area contributed by atoms with E-state index in [-0.39, 0.29) is 28.6 Å². The number of carboxylic acids is 1. The maximum atomic E-state index is 13.4. The third-order valence-corrected chi connectivity index (χ3v) is 6.62. The molecule has 1 saturated heterocycles. The third kappa shape index (κ3) is 4.42. The third-order valence-electron chi connectivity index (χ3n) is 5.32. The van der Waals surface area contributed by atoms with E-state index in [4.69, 9.17) is 22.1 Å². The number of thioether (sulfide) groups is 1. The molecule has 1 aliphatic rings. The predicted octanol–water partition coefficient (Wildman–Crippen LogP) is 3.74. The molecule has 0 radical (unpaired) electrons. The molecule has 3 aromatic rings. The van der Waals surface area contributed by atoms with Crippen LogP contribution in [-0.4, -0.2) is 37.3 Å². The Morgan fingerprint density at radius 1 is 1.12 bits per heavy atom. The highest BCUT2D eigenvalue weighted by Crippen LogP contribution is 2.37. The molecular formula is C24H21N3O5S2. The largest absolute Gasteiger partial charge is 0.492 e. The Hall–Kier alpha value is -3.63. The number of nitrogens with zero attached hydrogens (tertiary/aromatic N) is 3. The summed E-state index contributed by atoms with van der Waals surface area (Å²) in [5.74, 6) is -0.907. The zero-order valence-corrected chi connectivity index (χ0v) is 20.1. The second kappa shape index (κ2) is 9.70. The topological polar surface area (TPSA) is 93.8 Å². The summed E-state index contributed by atoms with van der Waals surface area (Å²) >= 11 is 6.59. The number of aromatic nitrogens is 2. The minimum absolute atomic E-state index is 0.00336. The summed E-state index contributed by atoms with van der Waals surface area (Å²) in [6, 6.07) is 16.2. The van der Waals surface area contributed by atoms with Crippen molar-refractivity contribution in [3.8, 4) is 11.4 Å². The van der Waals surface area contributed by atoms with Crippen molar-refractivity contribution in [1.29, 1.82) is 0 Å². The van der Waals surface area contributed by atoms with Gasteiger partial charge in [-0.3, -0.25) is 24.0 Å². The van der Waals surface area contributed by atoms with E-state index in [1.165, 1.54) is 9.58 Å². The first kappa shape index (κ1) is 23.5. The highest BCUT2D eigenvalue weighted by molar-refractivity contribution is 8.27. The van der Waals surface area contributed by atoms with Crippen LogP contribution in [0.25, 0.3) is 11.8 Å². The van der Waals surface area contributed by atoms with E-state index in [0.29, 0.717) is 27.6 Å². The molecule has 1 aromatic heterocycles. The van der Waals surface area contributed by atoms with Gasteiger partial charge in [0.25, 0.3) is 11.5 Å². The Balaban J connectivity index is 1.69. The number of hydrogen-bond donors (Lipinski definition) is 1. The number of anilines is 1. The lowest BCUT2D eigenvalue weighted by Crippen LogP contribution is -2.33. The van der Waals surface area contributed by atoms with Crippen LogP contribution in [0.2, 0.25) is 0 Å². The summed E-state index contributed by atoms with van der Waals surface area (Å²) in [6.07, 6.45) is 1.50. The SMILES string of the molecule is Cc1c(N2C(=O)/C(=C\c3ccccc3OCCC(=O)O)SC2=S)c(=O)n(-c2ccccc2)n1C. The van der Waals surface area contributed by atoms with Gasteiger partial charge in [0.1, 0.15) is 11.4 Å². The van der Waals surface area contributed by atoms with Gasteiger partial charge in [0.2, 0.25) is 0 Å². The summed E-state index contributed by atoms with van der Waals surface area (Å²) in [5.41, 5.74) is 1.76. The molecule has 0 unspecified atom stereocenters. The summed E-state index contributed by atoms with van der Waals surface area (Å²) in [5, 5.41) is 8.84. The molecule has 1 aliphatic heterocycles. The van der Waals surface area contributed by atoms with Gasteiger partial charge >= 0.3 is 5.97 Å². The van der Waals surface area contributed by atoms with Crippen LogP contribution in [0.4, 0.5) is 5.69 Å². The smallest absolute Gasteiger partial charge is 0.306 e. The number of carbonyl (C=O) groups is 2. The van der Waals surface area contributed by atoms with Crippen molar-refractivity contribution in [2.75, 3.05) is 11.5 Å². The molecule has 1 amide bonds. The highest BCUT2D eigenvalue weighted by atomic mass is 32.2.